The Balaban J connectivity index is 1.21. The van der Waals surface area contributed by atoms with E-state index in [9.17, 15) is 24.7 Å². The van der Waals surface area contributed by atoms with E-state index in [4.69, 9.17) is 15.2 Å². The number of fused-ring (bicyclic) bond motifs is 1. The third kappa shape index (κ3) is 6.55. The third-order valence-electron chi connectivity index (χ3n) is 6.55. The van der Waals surface area contributed by atoms with Crippen molar-refractivity contribution in [3.8, 4) is 11.5 Å². The van der Waals surface area contributed by atoms with Crippen LogP contribution in [0, 0.1) is 0 Å². The number of carbonyl (C=O) groups is 3. The van der Waals surface area contributed by atoms with Gasteiger partial charge in [0.2, 0.25) is 0 Å². The Bertz CT molecular complexity index is 1590. The van der Waals surface area contributed by atoms with Gasteiger partial charge in [-0.05, 0) is 41.8 Å². The number of aromatic nitrogens is 2. The number of oxime groups is 1. The van der Waals surface area contributed by atoms with Crippen molar-refractivity contribution in [3.05, 3.63) is 70.5 Å². The second-order valence-corrected chi connectivity index (χ2v) is 12.3. The van der Waals surface area contributed by atoms with E-state index in [-0.39, 0.29) is 16.5 Å². The van der Waals surface area contributed by atoms with Crippen LogP contribution in [-0.4, -0.2) is 78.7 Å². The number of β-lactam (4-membered cyclic amide) rings is 1. The Labute approximate surface area is 258 Å². The van der Waals surface area contributed by atoms with Crippen molar-refractivity contribution in [2.24, 2.45) is 5.16 Å². The molecule has 2 atom stereocenters. The number of nitrogens with two attached hydrogens (primary N) is 1. The van der Waals surface area contributed by atoms with Gasteiger partial charge in [-0.2, -0.15) is 0 Å². The average molecular weight is 643 g/mol. The van der Waals surface area contributed by atoms with Gasteiger partial charge in [-0.25, -0.2) is 14.8 Å². The van der Waals surface area contributed by atoms with Gasteiger partial charge in [0.1, 0.15) is 40.2 Å². The molecular weight excluding hydrogens is 617 g/mol. The number of aliphatic carboxylic acids is 1. The molecule has 0 aliphatic carbocycles. The van der Waals surface area contributed by atoms with Crippen molar-refractivity contribution in [1.29, 1.82) is 0 Å². The van der Waals surface area contributed by atoms with Crippen LogP contribution in [0.4, 0.5) is 5.13 Å². The van der Waals surface area contributed by atoms with E-state index < -0.39 is 34.9 Å². The van der Waals surface area contributed by atoms with E-state index in [0.29, 0.717) is 40.9 Å². The zero-order valence-corrected chi connectivity index (χ0v) is 25.1. The number of nitrogens with one attached hydrogen (secondary N) is 1. The van der Waals surface area contributed by atoms with Crippen LogP contribution in [0.25, 0.3) is 0 Å². The van der Waals surface area contributed by atoms with Crippen molar-refractivity contribution < 1.29 is 34.2 Å². The molecule has 2 amide bonds. The normalized spacial score (nSPS) is 18.1. The summed E-state index contributed by atoms with van der Waals surface area (Å²) in [6.07, 6.45) is 2.06. The minimum Gasteiger partial charge on any atom is -0.497 e. The molecule has 0 bridgehead atoms. The summed E-state index contributed by atoms with van der Waals surface area (Å²) in [5.74, 6) is -0.390. The van der Waals surface area contributed by atoms with Crippen molar-refractivity contribution in [1.82, 2.24) is 20.2 Å². The van der Waals surface area contributed by atoms with Crippen molar-refractivity contribution in [3.63, 3.8) is 0 Å². The number of carboxylic acids is 1. The molecule has 2 aliphatic heterocycles. The number of methoxy groups -OCH3 is 1. The van der Waals surface area contributed by atoms with E-state index in [1.165, 1.54) is 33.8 Å². The summed E-state index contributed by atoms with van der Waals surface area (Å²) >= 11 is 3.84. The van der Waals surface area contributed by atoms with Gasteiger partial charge in [-0.1, -0.05) is 17.3 Å². The first kappa shape index (κ1) is 30.2. The molecule has 16 heteroatoms. The maximum Gasteiger partial charge on any atom is 0.352 e. The van der Waals surface area contributed by atoms with Crippen LogP contribution in [0.5, 0.6) is 11.5 Å². The topological polar surface area (TPSA) is 190 Å². The third-order valence-corrected chi connectivity index (χ3v) is 9.55. The lowest BCUT2D eigenvalue weighted by Gasteiger charge is -2.49. The summed E-state index contributed by atoms with van der Waals surface area (Å²) < 4.78 is 11.2. The van der Waals surface area contributed by atoms with Gasteiger partial charge >= 0.3 is 5.97 Å². The molecule has 4 heterocycles. The smallest absolute Gasteiger partial charge is 0.352 e. The van der Waals surface area contributed by atoms with Crippen LogP contribution in [-0.2, 0) is 21.0 Å². The maximum atomic E-state index is 13.0. The highest BCUT2D eigenvalue weighted by Crippen LogP contribution is 2.42. The Hall–Kier alpha value is -4.28. The monoisotopic (exact) mass is 642 g/mol. The number of hydrogen-bond donors (Lipinski definition) is 4. The van der Waals surface area contributed by atoms with Gasteiger partial charge in [0.05, 0.1) is 7.11 Å². The number of carbonyl (C=O) groups excluding carboxylic acids is 2. The number of thioether (sulfide) groups is 2. The van der Waals surface area contributed by atoms with Gasteiger partial charge in [-0.3, -0.25) is 14.5 Å². The SMILES string of the molecule is COc1ccc(COc2cccnc2SCCC2=C(C(=O)O)N3C(=O)[C@@H](NC(=O)/C(=N\O)c4csc(N)n4)[C@H]3SC2)cc1. The highest BCUT2D eigenvalue weighted by Gasteiger charge is 2.54. The molecule has 2 aliphatic rings. The fraction of sp³-hybridized carbons (Fsp3) is 0.259. The first-order valence-electron chi connectivity index (χ1n) is 12.8. The lowest BCUT2D eigenvalue weighted by molar-refractivity contribution is -0.150. The number of carboxylic acid groups (broad SMARTS) is 1. The van der Waals surface area contributed by atoms with E-state index in [0.717, 1.165) is 22.6 Å². The number of ether oxygens (including phenoxy) is 2. The molecule has 1 aromatic carbocycles. The molecule has 2 aromatic heterocycles. The van der Waals surface area contributed by atoms with E-state index in [2.05, 4.69) is 20.4 Å². The number of nitrogen functional groups attached to an aromatic ring is 1. The van der Waals surface area contributed by atoms with Crippen LogP contribution >= 0.6 is 34.9 Å². The Morgan fingerprint density at radius 2 is 2.07 bits per heavy atom. The molecule has 3 aromatic rings. The van der Waals surface area contributed by atoms with Gasteiger partial charge in [-0.15, -0.1) is 34.9 Å². The summed E-state index contributed by atoms with van der Waals surface area (Å²) in [6, 6.07) is 10.2. The molecule has 5 rings (SSSR count). The quantitative estimate of drug-likeness (QED) is 0.0744. The van der Waals surface area contributed by atoms with Crippen molar-refractivity contribution in [2.45, 2.75) is 29.5 Å². The zero-order valence-electron chi connectivity index (χ0n) is 22.6. The molecular formula is C27H26N6O7S3. The van der Waals surface area contributed by atoms with Crippen LogP contribution in [0.1, 0.15) is 17.7 Å². The predicted molar refractivity (Wildman–Crippen MR) is 161 cm³/mol. The van der Waals surface area contributed by atoms with Gasteiger partial charge in [0.15, 0.2) is 16.6 Å². The molecule has 5 N–H and O–H groups in total. The number of nitrogens with zero attached hydrogens (tertiary/aromatic N) is 4. The molecule has 1 saturated heterocycles. The lowest BCUT2D eigenvalue weighted by atomic mass is 10.0. The van der Waals surface area contributed by atoms with Crippen LogP contribution in [0.2, 0.25) is 0 Å². The van der Waals surface area contributed by atoms with Gasteiger partial charge in [0, 0.05) is 23.1 Å². The van der Waals surface area contributed by atoms with Crippen LogP contribution in [0.15, 0.2) is 69.4 Å². The second-order valence-electron chi connectivity index (χ2n) is 9.18. The Morgan fingerprint density at radius 1 is 1.28 bits per heavy atom. The zero-order chi connectivity index (χ0) is 30.5. The number of pyridine rings is 1. The summed E-state index contributed by atoms with van der Waals surface area (Å²) in [6.45, 7) is 0.341. The van der Waals surface area contributed by atoms with Crippen molar-refractivity contribution >= 4 is 63.5 Å². The lowest BCUT2D eigenvalue weighted by Crippen LogP contribution is -2.71. The van der Waals surface area contributed by atoms with Crippen molar-refractivity contribution in [2.75, 3.05) is 24.3 Å². The number of anilines is 1. The number of amides is 2. The highest BCUT2D eigenvalue weighted by molar-refractivity contribution is 8.00. The Kier molecular flexibility index (Phi) is 9.37. The summed E-state index contributed by atoms with van der Waals surface area (Å²) in [5.41, 5.74) is 6.75. The van der Waals surface area contributed by atoms with E-state index in [1.807, 2.05) is 30.3 Å². The molecule has 13 nitrogen and oxygen atoms in total. The fourth-order valence-electron chi connectivity index (χ4n) is 4.44. The van der Waals surface area contributed by atoms with Gasteiger partial charge in [0.25, 0.3) is 11.8 Å². The Morgan fingerprint density at radius 3 is 2.74 bits per heavy atom. The second kappa shape index (κ2) is 13.4. The standard InChI is InChI=1S/C27H26N6O7S3/c1-39-16-6-4-14(5-7-16)11-40-18-3-2-9-29-23(18)41-10-8-15-12-42-25-20(24(35)33(25)21(15)26(36)37)31-22(34)19(32-38)17-13-43-27(28)30-17/h2-7,9,13,20,25,38H,8,10-12H2,1H3,(H2,28,30)(H,31,34)(H,36,37)/b32-19-/t20-,25-/m1/s1. The first-order valence-corrected chi connectivity index (χ1v) is 15.7. The van der Waals surface area contributed by atoms with Crippen LogP contribution in [0.3, 0.4) is 0 Å². The largest absolute Gasteiger partial charge is 0.497 e. The first-order chi connectivity index (χ1) is 20.8. The number of benzene rings is 1. The van der Waals surface area contributed by atoms with Crippen LogP contribution < -0.4 is 20.5 Å². The molecule has 0 unspecified atom stereocenters. The predicted octanol–water partition coefficient (Wildman–Crippen LogP) is 2.81. The average Bonchev–Trinajstić information content (AvgIpc) is 3.44. The minimum absolute atomic E-state index is 0.0653. The number of rotatable bonds is 12. The molecule has 1 fully saturated rings. The fourth-order valence-corrected chi connectivity index (χ4v) is 7.32. The molecule has 43 heavy (non-hydrogen) atoms. The summed E-state index contributed by atoms with van der Waals surface area (Å²) in [4.78, 5) is 47.6. The molecule has 0 radical (unpaired) electrons. The number of thiazole rings is 1. The minimum atomic E-state index is -1.22. The molecule has 0 saturated carbocycles. The summed E-state index contributed by atoms with van der Waals surface area (Å²) in [5, 5.41) is 26.6. The molecule has 0 spiro atoms. The van der Waals surface area contributed by atoms with E-state index in [1.54, 1.807) is 19.4 Å². The van der Waals surface area contributed by atoms with E-state index >= 15 is 0 Å². The summed E-state index contributed by atoms with van der Waals surface area (Å²) in [7, 11) is 1.61. The number of hydrogen-bond acceptors (Lipinski definition) is 13. The highest BCUT2D eigenvalue weighted by atomic mass is 32.2. The molecule has 224 valence electrons. The van der Waals surface area contributed by atoms with Gasteiger partial charge < -0.3 is 30.8 Å². The maximum absolute atomic E-state index is 13.0.